The van der Waals surface area contributed by atoms with Crippen LogP contribution in [-0.2, 0) is 16.8 Å². The van der Waals surface area contributed by atoms with Crippen molar-refractivity contribution in [2.24, 2.45) is 0 Å². The Bertz CT molecular complexity index is 2610. The van der Waals surface area contributed by atoms with Crippen LogP contribution in [0.4, 0.5) is 0 Å². The summed E-state index contributed by atoms with van der Waals surface area (Å²) in [5.41, 5.74) is 5.98. The number of imidazole rings is 1. The van der Waals surface area contributed by atoms with Gasteiger partial charge in [0.1, 0.15) is 5.52 Å². The number of ether oxygens (including phenoxy) is 2. The van der Waals surface area contributed by atoms with Crippen LogP contribution in [0.5, 0.6) is 6.01 Å². The van der Waals surface area contributed by atoms with Gasteiger partial charge in [0.05, 0.1) is 34.0 Å². The van der Waals surface area contributed by atoms with Gasteiger partial charge in [0.25, 0.3) is 6.01 Å². The molecule has 0 aliphatic rings. The van der Waals surface area contributed by atoms with Crippen LogP contribution >= 0.6 is 0 Å². The van der Waals surface area contributed by atoms with Crippen LogP contribution in [0.2, 0.25) is 0 Å². The number of esters is 1. The number of carbonyl (C=O) groups is 1. The molecule has 0 saturated carbocycles. The number of tetrazole rings is 1. The number of hydrogen-bond donors (Lipinski definition) is 0. The lowest BCUT2D eigenvalue weighted by Crippen LogP contribution is -2.39. The van der Waals surface area contributed by atoms with Crippen LogP contribution in [0.3, 0.4) is 0 Å². The van der Waals surface area contributed by atoms with E-state index >= 15 is 0 Å². The molecule has 0 radical (unpaired) electrons. The van der Waals surface area contributed by atoms with Crippen LogP contribution in [0, 0.1) is 0 Å². The van der Waals surface area contributed by atoms with Gasteiger partial charge in [-0.1, -0.05) is 146 Å². The molecule has 53 heavy (non-hydrogen) atoms. The minimum absolute atomic E-state index is 0.117. The Morgan fingerprint density at radius 1 is 0.736 bits per heavy atom. The summed E-state index contributed by atoms with van der Waals surface area (Å²) >= 11 is 0. The number of benzene rings is 6. The predicted octanol–water partition coefficient (Wildman–Crippen LogP) is 8.43. The van der Waals surface area contributed by atoms with E-state index in [1.807, 2.05) is 103 Å². The van der Waals surface area contributed by atoms with Gasteiger partial charge in [-0.3, -0.25) is 4.57 Å². The maximum absolute atomic E-state index is 12.6. The van der Waals surface area contributed by atoms with E-state index in [1.54, 1.807) is 16.9 Å². The van der Waals surface area contributed by atoms with E-state index in [0.29, 0.717) is 11.3 Å². The molecule has 0 saturated heterocycles. The molecular weight excluding hydrogens is 661 g/mol. The summed E-state index contributed by atoms with van der Waals surface area (Å²) in [6.07, 6.45) is 0. The molecule has 0 amide bonds. The standard InChI is InChI=1S/C44H36N6O3/c1-3-53-43-45-40-38(42(51)52-2)24-15-25-39(40)49(43)30-31-26-28-32(29-27-31)36-22-13-14-23-37(36)41-46-48-50(47-41)44(33-16-7-4-8-17-33,34-18-9-5-10-19-34)35-20-11-6-12-21-35/h4-29H,3,30H2,1-2H3/i1D3,3D2. The molecule has 0 aliphatic heterocycles. The van der Waals surface area contributed by atoms with E-state index in [2.05, 4.69) is 46.5 Å². The van der Waals surface area contributed by atoms with Crippen LogP contribution in [0.25, 0.3) is 33.5 Å². The van der Waals surface area contributed by atoms with Gasteiger partial charge < -0.3 is 9.47 Å². The number of hydrogen-bond acceptors (Lipinski definition) is 7. The largest absolute Gasteiger partial charge is 0.465 e. The molecule has 0 aliphatic carbocycles. The van der Waals surface area contributed by atoms with Gasteiger partial charge in [-0.25, -0.2) is 4.79 Å². The van der Waals surface area contributed by atoms with Crippen molar-refractivity contribution in [3.05, 3.63) is 186 Å². The minimum Gasteiger partial charge on any atom is -0.465 e. The van der Waals surface area contributed by atoms with Gasteiger partial charge in [-0.2, -0.15) is 4.98 Å². The Labute approximate surface area is 314 Å². The van der Waals surface area contributed by atoms with Crippen molar-refractivity contribution >= 4 is 17.0 Å². The van der Waals surface area contributed by atoms with E-state index in [4.69, 9.17) is 26.6 Å². The topological polar surface area (TPSA) is 97.0 Å². The second kappa shape index (κ2) is 14.4. The Balaban J connectivity index is 1.18. The molecule has 8 rings (SSSR count). The molecule has 8 aromatic rings. The fourth-order valence-corrected chi connectivity index (χ4v) is 6.93. The van der Waals surface area contributed by atoms with Crippen molar-refractivity contribution in [3.8, 4) is 28.5 Å². The number of aromatic nitrogens is 6. The first-order valence-corrected chi connectivity index (χ1v) is 16.9. The van der Waals surface area contributed by atoms with Gasteiger partial charge in [-0.05, 0) is 57.6 Å². The number of carbonyl (C=O) groups excluding carboxylic acids is 1. The number of nitrogens with zero attached hydrogens (tertiary/aromatic N) is 6. The third-order valence-electron chi connectivity index (χ3n) is 9.35. The Kier molecular flexibility index (Phi) is 7.55. The average molecular weight is 702 g/mol. The zero-order valence-electron chi connectivity index (χ0n) is 33.6. The molecule has 9 heteroatoms. The first kappa shape index (κ1) is 27.8. The van der Waals surface area contributed by atoms with Crippen molar-refractivity contribution in [2.75, 3.05) is 13.7 Å². The van der Waals surface area contributed by atoms with Crippen molar-refractivity contribution in [1.82, 2.24) is 29.8 Å². The molecule has 2 aromatic heterocycles. The lowest BCUT2D eigenvalue weighted by atomic mass is 9.77. The fourth-order valence-electron chi connectivity index (χ4n) is 6.93. The fraction of sp³-hybridized carbons (Fsp3) is 0.114. The third-order valence-corrected chi connectivity index (χ3v) is 9.35. The normalized spacial score (nSPS) is 13.3. The van der Waals surface area contributed by atoms with Gasteiger partial charge in [-0.15, -0.1) is 15.0 Å². The van der Waals surface area contributed by atoms with Crippen molar-refractivity contribution in [2.45, 2.75) is 18.9 Å². The second-order valence-electron chi connectivity index (χ2n) is 12.3. The quantitative estimate of drug-likeness (QED) is 0.0987. The molecule has 9 nitrogen and oxygen atoms in total. The van der Waals surface area contributed by atoms with E-state index in [0.717, 1.165) is 38.9 Å². The Hall–Kier alpha value is -6.87. The SMILES string of the molecule is [2H]C([2H])([2H])C([2H])([2H])Oc1nc2c(C(=O)OC)cccc2n1Cc1ccc(-c2ccccc2-c2nnn(C(c3ccccc3)(c3ccccc3)c3ccccc3)n2)cc1. The molecule has 0 fully saturated rings. The first-order chi connectivity index (χ1) is 28.0. The highest BCUT2D eigenvalue weighted by atomic mass is 16.5. The van der Waals surface area contributed by atoms with Gasteiger partial charge in [0.15, 0.2) is 5.54 Å². The molecule has 0 unspecified atom stereocenters. The molecule has 260 valence electrons. The first-order valence-electron chi connectivity index (χ1n) is 19.4. The zero-order valence-corrected chi connectivity index (χ0v) is 28.6. The van der Waals surface area contributed by atoms with Crippen molar-refractivity contribution in [3.63, 3.8) is 0 Å². The molecular formula is C44H36N6O3. The van der Waals surface area contributed by atoms with Gasteiger partial charge in [0, 0.05) is 9.68 Å². The summed E-state index contributed by atoms with van der Waals surface area (Å²) in [7, 11) is 1.24. The second-order valence-corrected chi connectivity index (χ2v) is 12.3. The Morgan fingerprint density at radius 2 is 1.34 bits per heavy atom. The number of fused-ring (bicyclic) bond motifs is 1. The molecule has 2 heterocycles. The Morgan fingerprint density at radius 3 is 1.94 bits per heavy atom. The van der Waals surface area contributed by atoms with E-state index in [9.17, 15) is 4.79 Å². The highest BCUT2D eigenvalue weighted by Crippen LogP contribution is 2.40. The minimum atomic E-state index is -3.11. The van der Waals surface area contributed by atoms with E-state index in [1.165, 1.54) is 17.7 Å². The summed E-state index contributed by atoms with van der Waals surface area (Å²) in [4.78, 5) is 18.7. The van der Waals surface area contributed by atoms with E-state index in [-0.39, 0.29) is 23.6 Å². The zero-order chi connectivity index (χ0) is 40.5. The molecule has 0 spiro atoms. The molecule has 6 aromatic carbocycles. The summed E-state index contributed by atoms with van der Waals surface area (Å²) < 4.78 is 51.3. The summed E-state index contributed by atoms with van der Waals surface area (Å²) in [5, 5.41) is 14.5. The number of methoxy groups -OCH3 is 1. The highest BCUT2D eigenvalue weighted by Gasteiger charge is 2.41. The number of rotatable bonds is 11. The smallest absolute Gasteiger partial charge is 0.340 e. The van der Waals surface area contributed by atoms with Crippen molar-refractivity contribution in [1.29, 1.82) is 0 Å². The summed E-state index contributed by atoms with van der Waals surface area (Å²) in [6, 6.07) is 50.5. The molecule has 0 atom stereocenters. The van der Waals surface area contributed by atoms with E-state index < -0.39 is 24.9 Å². The third kappa shape index (κ3) is 6.02. The van der Waals surface area contributed by atoms with Crippen LogP contribution in [-0.4, -0.2) is 49.4 Å². The molecule has 0 bridgehead atoms. The lowest BCUT2D eigenvalue weighted by Gasteiger charge is -2.34. The maximum atomic E-state index is 12.6. The molecule has 0 N–H and O–H groups in total. The van der Waals surface area contributed by atoms with Crippen LogP contribution < -0.4 is 4.74 Å². The highest BCUT2D eigenvalue weighted by molar-refractivity contribution is 6.02. The van der Waals surface area contributed by atoms with Gasteiger partial charge >= 0.3 is 5.97 Å². The summed E-state index contributed by atoms with van der Waals surface area (Å²) in [6.45, 7) is -6.06. The van der Waals surface area contributed by atoms with Crippen LogP contribution in [0.15, 0.2) is 158 Å². The monoisotopic (exact) mass is 701 g/mol. The summed E-state index contributed by atoms with van der Waals surface area (Å²) in [5.74, 6) is -0.215. The average Bonchev–Trinajstić information content (AvgIpc) is 3.87. The van der Waals surface area contributed by atoms with Crippen molar-refractivity contribution < 1.29 is 21.1 Å². The van der Waals surface area contributed by atoms with Gasteiger partial charge in [0.2, 0.25) is 5.82 Å². The predicted molar refractivity (Wildman–Crippen MR) is 205 cm³/mol. The van der Waals surface area contributed by atoms with Crippen LogP contribution in [0.1, 0.15) is 46.3 Å². The lowest BCUT2D eigenvalue weighted by molar-refractivity contribution is 0.0602. The number of para-hydroxylation sites is 1. The maximum Gasteiger partial charge on any atom is 0.340 e.